The number of hydrogen-bond donors (Lipinski definition) is 2. The number of alkyl halides is 3. The first-order valence-electron chi connectivity index (χ1n) is 3.71. The van der Waals surface area contributed by atoms with E-state index in [9.17, 15) is 13.2 Å². The van der Waals surface area contributed by atoms with Gasteiger partial charge in [-0.05, 0) is 12.1 Å². The Kier molecular flexibility index (Phi) is 3.48. The standard InChI is InChI=1S/C7H5BClF3O3/c9-4-1-2-5(8(13)14)6(3-4)15-7(10,11)12/h1-3,13-14H. The van der Waals surface area contributed by atoms with Crippen molar-refractivity contribution in [2.75, 3.05) is 0 Å². The van der Waals surface area contributed by atoms with Crippen LogP contribution in [0, 0.1) is 0 Å². The summed E-state index contributed by atoms with van der Waals surface area (Å²) in [6, 6.07) is 3.11. The van der Waals surface area contributed by atoms with Crippen molar-refractivity contribution in [3.63, 3.8) is 0 Å². The van der Waals surface area contributed by atoms with Crippen molar-refractivity contribution in [3.8, 4) is 5.75 Å². The van der Waals surface area contributed by atoms with E-state index < -0.39 is 24.7 Å². The Morgan fingerprint density at radius 1 is 1.27 bits per heavy atom. The molecule has 0 unspecified atom stereocenters. The predicted molar refractivity (Wildman–Crippen MR) is 48.0 cm³/mol. The Bertz CT molecular complexity index is 356. The second kappa shape index (κ2) is 4.30. The number of ether oxygens (including phenoxy) is 1. The molecule has 0 spiro atoms. The topological polar surface area (TPSA) is 49.7 Å². The summed E-state index contributed by atoms with van der Waals surface area (Å²) in [5.41, 5.74) is -0.406. The van der Waals surface area contributed by atoms with E-state index in [1.54, 1.807) is 0 Å². The highest BCUT2D eigenvalue weighted by Crippen LogP contribution is 2.23. The van der Waals surface area contributed by atoms with Gasteiger partial charge < -0.3 is 14.8 Å². The first-order valence-corrected chi connectivity index (χ1v) is 4.09. The molecule has 8 heteroatoms. The summed E-state index contributed by atoms with van der Waals surface area (Å²) < 4.78 is 39.2. The summed E-state index contributed by atoms with van der Waals surface area (Å²) in [6.45, 7) is 0. The highest BCUT2D eigenvalue weighted by molar-refractivity contribution is 6.59. The van der Waals surface area contributed by atoms with Crippen LogP contribution in [0.3, 0.4) is 0 Å². The molecule has 0 saturated carbocycles. The molecule has 0 aliphatic carbocycles. The zero-order valence-electron chi connectivity index (χ0n) is 7.12. The third-order valence-electron chi connectivity index (χ3n) is 1.48. The average Bonchev–Trinajstić information content (AvgIpc) is 1.99. The van der Waals surface area contributed by atoms with Crippen LogP contribution >= 0.6 is 11.6 Å². The first-order chi connectivity index (χ1) is 6.79. The van der Waals surface area contributed by atoms with Gasteiger partial charge in [0.05, 0.1) is 0 Å². The van der Waals surface area contributed by atoms with Crippen LogP contribution in [-0.4, -0.2) is 23.5 Å². The highest BCUT2D eigenvalue weighted by atomic mass is 35.5. The Morgan fingerprint density at radius 3 is 2.33 bits per heavy atom. The quantitative estimate of drug-likeness (QED) is 0.756. The molecule has 82 valence electrons. The minimum absolute atomic E-state index is 0.00125. The van der Waals surface area contributed by atoms with Crippen molar-refractivity contribution in [1.29, 1.82) is 0 Å². The van der Waals surface area contributed by atoms with Gasteiger partial charge in [-0.3, -0.25) is 0 Å². The Labute approximate surface area is 88.2 Å². The number of rotatable bonds is 2. The SMILES string of the molecule is OB(O)c1ccc(Cl)cc1OC(F)(F)F. The van der Waals surface area contributed by atoms with Crippen LogP contribution in [0.1, 0.15) is 0 Å². The molecule has 1 rings (SSSR count). The fourth-order valence-electron chi connectivity index (χ4n) is 0.935. The summed E-state index contributed by atoms with van der Waals surface area (Å²) in [6.07, 6.45) is -4.91. The fraction of sp³-hybridized carbons (Fsp3) is 0.143. The highest BCUT2D eigenvalue weighted by Gasteiger charge is 2.33. The van der Waals surface area contributed by atoms with Crippen LogP contribution in [0.25, 0.3) is 0 Å². The monoisotopic (exact) mass is 240 g/mol. The van der Waals surface area contributed by atoms with Gasteiger partial charge in [-0.1, -0.05) is 17.7 Å². The van der Waals surface area contributed by atoms with E-state index >= 15 is 0 Å². The normalized spacial score (nSPS) is 11.3. The Morgan fingerprint density at radius 2 is 1.87 bits per heavy atom. The van der Waals surface area contributed by atoms with Crippen molar-refractivity contribution >= 4 is 24.2 Å². The van der Waals surface area contributed by atoms with Crippen LogP contribution in [-0.2, 0) is 0 Å². The molecule has 0 aliphatic heterocycles. The molecule has 0 saturated heterocycles. The van der Waals surface area contributed by atoms with E-state index in [1.165, 1.54) is 6.07 Å². The molecule has 0 atom stereocenters. The zero-order valence-corrected chi connectivity index (χ0v) is 7.88. The van der Waals surface area contributed by atoms with Crippen molar-refractivity contribution < 1.29 is 28.0 Å². The van der Waals surface area contributed by atoms with Crippen LogP contribution in [0.15, 0.2) is 18.2 Å². The van der Waals surface area contributed by atoms with Gasteiger partial charge in [0.1, 0.15) is 5.75 Å². The van der Waals surface area contributed by atoms with Gasteiger partial charge in [0.25, 0.3) is 0 Å². The number of benzene rings is 1. The van der Waals surface area contributed by atoms with E-state index in [4.69, 9.17) is 21.6 Å². The van der Waals surface area contributed by atoms with Crippen LogP contribution in [0.2, 0.25) is 5.02 Å². The maximum Gasteiger partial charge on any atom is 0.573 e. The molecule has 2 N–H and O–H groups in total. The van der Waals surface area contributed by atoms with E-state index in [2.05, 4.69) is 4.74 Å². The van der Waals surface area contributed by atoms with E-state index in [-0.39, 0.29) is 5.02 Å². The number of hydrogen-bond acceptors (Lipinski definition) is 3. The molecule has 0 bridgehead atoms. The van der Waals surface area contributed by atoms with E-state index in [1.807, 2.05) is 0 Å². The minimum atomic E-state index is -4.91. The lowest BCUT2D eigenvalue weighted by Gasteiger charge is -2.12. The lowest BCUT2D eigenvalue weighted by Crippen LogP contribution is -2.33. The third-order valence-corrected chi connectivity index (χ3v) is 1.71. The van der Waals surface area contributed by atoms with Gasteiger partial charge in [-0.2, -0.15) is 0 Å². The molecule has 0 amide bonds. The number of halogens is 4. The van der Waals surface area contributed by atoms with Gasteiger partial charge in [0.2, 0.25) is 0 Å². The molecule has 1 aromatic carbocycles. The first kappa shape index (κ1) is 12.2. The van der Waals surface area contributed by atoms with Gasteiger partial charge >= 0.3 is 13.5 Å². The summed E-state index contributed by atoms with van der Waals surface area (Å²) in [5.74, 6) is -0.731. The van der Waals surface area contributed by atoms with Gasteiger partial charge in [0, 0.05) is 10.5 Å². The lowest BCUT2D eigenvalue weighted by molar-refractivity contribution is -0.274. The van der Waals surface area contributed by atoms with Crippen molar-refractivity contribution in [2.24, 2.45) is 0 Å². The van der Waals surface area contributed by atoms with E-state index in [0.717, 1.165) is 12.1 Å². The molecule has 0 radical (unpaired) electrons. The maximum atomic E-state index is 11.9. The molecule has 1 aromatic rings. The molecule has 0 fully saturated rings. The van der Waals surface area contributed by atoms with Crippen LogP contribution in [0.5, 0.6) is 5.75 Å². The Hall–Kier alpha value is -0.915. The molecule has 15 heavy (non-hydrogen) atoms. The summed E-state index contributed by atoms with van der Waals surface area (Å²) in [5, 5.41) is 17.5. The third kappa shape index (κ3) is 3.62. The lowest BCUT2D eigenvalue weighted by atomic mass is 9.79. The van der Waals surface area contributed by atoms with Gasteiger partial charge in [0.15, 0.2) is 0 Å². The van der Waals surface area contributed by atoms with E-state index in [0.29, 0.717) is 0 Å². The zero-order chi connectivity index (χ0) is 11.6. The fourth-order valence-corrected chi connectivity index (χ4v) is 1.10. The molecular weight excluding hydrogens is 235 g/mol. The molecule has 0 aromatic heterocycles. The molecule has 0 heterocycles. The van der Waals surface area contributed by atoms with Crippen LogP contribution < -0.4 is 10.2 Å². The molecule has 0 aliphatic rings. The summed E-state index contributed by atoms with van der Waals surface area (Å²) in [4.78, 5) is 0. The largest absolute Gasteiger partial charge is 0.573 e. The molecule has 3 nitrogen and oxygen atoms in total. The van der Waals surface area contributed by atoms with Crippen LogP contribution in [0.4, 0.5) is 13.2 Å². The van der Waals surface area contributed by atoms with Crippen molar-refractivity contribution in [2.45, 2.75) is 6.36 Å². The average molecular weight is 240 g/mol. The second-order valence-corrected chi connectivity index (χ2v) is 3.04. The van der Waals surface area contributed by atoms with Crippen molar-refractivity contribution in [3.05, 3.63) is 23.2 Å². The second-order valence-electron chi connectivity index (χ2n) is 2.60. The summed E-state index contributed by atoms with van der Waals surface area (Å²) >= 11 is 5.44. The van der Waals surface area contributed by atoms with Gasteiger partial charge in [-0.25, -0.2) is 0 Å². The predicted octanol–water partition coefficient (Wildman–Crippen LogP) is 0.918. The van der Waals surface area contributed by atoms with Crippen molar-refractivity contribution in [1.82, 2.24) is 0 Å². The molecular formula is C7H5BClF3O3. The maximum absolute atomic E-state index is 11.9. The minimum Gasteiger partial charge on any atom is -0.423 e. The Balaban J connectivity index is 3.08. The van der Waals surface area contributed by atoms with Gasteiger partial charge in [-0.15, -0.1) is 13.2 Å². The smallest absolute Gasteiger partial charge is 0.423 e. The summed E-state index contributed by atoms with van der Waals surface area (Å²) in [7, 11) is -2.06.